The fourth-order valence-corrected chi connectivity index (χ4v) is 3.16. The van der Waals surface area contributed by atoms with Crippen LogP contribution >= 0.6 is 0 Å². The molecule has 0 saturated carbocycles. The molecule has 0 aliphatic carbocycles. The second kappa shape index (κ2) is 9.18. The molecule has 4 rings (SSSR count). The summed E-state index contributed by atoms with van der Waals surface area (Å²) in [5.74, 6) is -0.173. The predicted octanol–water partition coefficient (Wildman–Crippen LogP) is 4.11. The van der Waals surface area contributed by atoms with Crippen LogP contribution in [0.4, 0.5) is 16.2 Å². The third-order valence-corrected chi connectivity index (χ3v) is 4.79. The summed E-state index contributed by atoms with van der Waals surface area (Å²) in [5.41, 5.74) is 3.22. The monoisotopic (exact) mass is 427 g/mol. The maximum absolute atomic E-state index is 12.6. The Morgan fingerprint density at radius 2 is 1.66 bits per heavy atom. The average molecular weight is 427 g/mol. The first-order valence-electron chi connectivity index (χ1n) is 10.0. The van der Waals surface area contributed by atoms with Gasteiger partial charge in [0.25, 0.3) is 11.8 Å². The molecule has 7 nitrogen and oxygen atoms in total. The number of rotatable bonds is 6. The lowest BCUT2D eigenvalue weighted by atomic mass is 10.2. The van der Waals surface area contributed by atoms with Gasteiger partial charge in [-0.1, -0.05) is 48.0 Å². The predicted molar refractivity (Wildman–Crippen MR) is 122 cm³/mol. The zero-order valence-electron chi connectivity index (χ0n) is 17.4. The molecular weight excluding hydrogens is 406 g/mol. The van der Waals surface area contributed by atoms with Crippen molar-refractivity contribution in [3.63, 3.8) is 0 Å². The van der Waals surface area contributed by atoms with Gasteiger partial charge in [0.1, 0.15) is 11.4 Å². The summed E-state index contributed by atoms with van der Waals surface area (Å²) in [6.07, 6.45) is 1.59. The van der Waals surface area contributed by atoms with Gasteiger partial charge in [0.2, 0.25) is 0 Å². The number of aryl methyl sites for hydroxylation is 1. The number of benzene rings is 3. The minimum Gasteiger partial charge on any atom is -0.484 e. The van der Waals surface area contributed by atoms with Gasteiger partial charge < -0.3 is 15.4 Å². The van der Waals surface area contributed by atoms with Gasteiger partial charge in [-0.3, -0.25) is 9.59 Å². The standard InChI is InChI=1S/C25H21N3O4/c1-17-7-11-19(12-8-17)26-23(29)16-32-21-13-9-18(10-14-21)15-22-24(30)28(25(31)27-22)20-5-3-2-4-6-20/h2-15H,16H2,1H3,(H,26,29)(H,27,31)/b22-15+. The van der Waals surface area contributed by atoms with Crippen molar-refractivity contribution in [1.82, 2.24) is 5.32 Å². The van der Waals surface area contributed by atoms with E-state index in [1.54, 1.807) is 54.6 Å². The summed E-state index contributed by atoms with van der Waals surface area (Å²) in [7, 11) is 0. The highest BCUT2D eigenvalue weighted by atomic mass is 16.5. The third-order valence-electron chi connectivity index (χ3n) is 4.79. The Kier molecular flexibility index (Phi) is 5.98. The minimum atomic E-state index is -0.494. The first-order valence-corrected chi connectivity index (χ1v) is 10.0. The molecule has 0 aromatic heterocycles. The molecule has 1 fully saturated rings. The van der Waals surface area contributed by atoms with Crippen molar-refractivity contribution in [3.05, 3.63) is 95.7 Å². The molecule has 0 bridgehead atoms. The van der Waals surface area contributed by atoms with Crippen molar-refractivity contribution >= 4 is 35.3 Å². The molecule has 4 amide bonds. The van der Waals surface area contributed by atoms with Crippen molar-refractivity contribution in [1.29, 1.82) is 0 Å². The van der Waals surface area contributed by atoms with Crippen LogP contribution < -0.4 is 20.3 Å². The molecule has 0 spiro atoms. The summed E-state index contributed by atoms with van der Waals surface area (Å²) in [6, 6.07) is 22.6. The molecule has 1 heterocycles. The number of urea groups is 1. The Morgan fingerprint density at radius 3 is 2.34 bits per heavy atom. The van der Waals surface area contributed by atoms with Crippen LogP contribution in [-0.4, -0.2) is 24.5 Å². The van der Waals surface area contributed by atoms with Crippen LogP contribution in [0.25, 0.3) is 6.08 Å². The van der Waals surface area contributed by atoms with Crippen LogP contribution in [0.1, 0.15) is 11.1 Å². The van der Waals surface area contributed by atoms with Gasteiger partial charge in [0.05, 0.1) is 5.69 Å². The van der Waals surface area contributed by atoms with Crippen molar-refractivity contribution in [2.45, 2.75) is 6.92 Å². The van der Waals surface area contributed by atoms with Crippen molar-refractivity contribution in [2.75, 3.05) is 16.8 Å². The number of carbonyl (C=O) groups is 3. The Balaban J connectivity index is 1.36. The number of amides is 4. The molecule has 0 radical (unpaired) electrons. The van der Waals surface area contributed by atoms with Gasteiger partial charge in [0.15, 0.2) is 6.61 Å². The molecule has 1 aliphatic rings. The first-order chi connectivity index (χ1) is 15.5. The third kappa shape index (κ3) is 4.84. The lowest BCUT2D eigenvalue weighted by Gasteiger charge is -2.10. The van der Waals surface area contributed by atoms with Crippen LogP contribution in [0, 0.1) is 6.92 Å². The maximum atomic E-state index is 12.6. The average Bonchev–Trinajstić information content (AvgIpc) is 3.08. The summed E-state index contributed by atoms with van der Waals surface area (Å²) in [4.78, 5) is 38.0. The second-order valence-electron chi connectivity index (χ2n) is 7.24. The number of para-hydroxylation sites is 1. The zero-order valence-corrected chi connectivity index (χ0v) is 17.4. The van der Waals surface area contributed by atoms with Crippen LogP contribution in [0.15, 0.2) is 84.6 Å². The van der Waals surface area contributed by atoms with E-state index < -0.39 is 11.9 Å². The lowest BCUT2D eigenvalue weighted by molar-refractivity contribution is -0.118. The smallest absolute Gasteiger partial charge is 0.333 e. The molecule has 3 aromatic carbocycles. The van der Waals surface area contributed by atoms with E-state index in [2.05, 4.69) is 10.6 Å². The Morgan fingerprint density at radius 1 is 0.969 bits per heavy atom. The van der Waals surface area contributed by atoms with E-state index >= 15 is 0 Å². The molecular formula is C25H21N3O4. The Bertz CT molecular complexity index is 1170. The van der Waals surface area contributed by atoms with Gasteiger partial charge >= 0.3 is 6.03 Å². The maximum Gasteiger partial charge on any atom is 0.333 e. The summed E-state index contributed by atoms with van der Waals surface area (Å²) in [6.45, 7) is 1.85. The van der Waals surface area contributed by atoms with E-state index in [4.69, 9.17) is 4.74 Å². The van der Waals surface area contributed by atoms with E-state index in [1.165, 1.54) is 0 Å². The normalized spacial score (nSPS) is 14.4. The van der Waals surface area contributed by atoms with Crippen LogP contribution in [0.3, 0.4) is 0 Å². The molecule has 1 saturated heterocycles. The Labute approximate surface area is 185 Å². The fourth-order valence-electron chi connectivity index (χ4n) is 3.16. The number of imide groups is 1. The van der Waals surface area contributed by atoms with E-state index in [-0.39, 0.29) is 18.2 Å². The van der Waals surface area contributed by atoms with E-state index in [0.717, 1.165) is 10.5 Å². The second-order valence-corrected chi connectivity index (χ2v) is 7.24. The summed E-state index contributed by atoms with van der Waals surface area (Å²) < 4.78 is 5.52. The highest BCUT2D eigenvalue weighted by Gasteiger charge is 2.34. The fraction of sp³-hybridized carbons (Fsp3) is 0.0800. The number of ether oxygens (including phenoxy) is 1. The van der Waals surface area contributed by atoms with Gasteiger partial charge in [-0.25, -0.2) is 9.69 Å². The highest BCUT2D eigenvalue weighted by Crippen LogP contribution is 2.22. The highest BCUT2D eigenvalue weighted by molar-refractivity contribution is 6.28. The van der Waals surface area contributed by atoms with Crippen molar-refractivity contribution in [2.24, 2.45) is 0 Å². The number of nitrogens with one attached hydrogen (secondary N) is 2. The molecule has 1 aliphatic heterocycles. The first kappa shape index (κ1) is 20.9. The van der Waals surface area contributed by atoms with E-state index in [1.807, 2.05) is 37.3 Å². The number of nitrogens with zero attached hydrogens (tertiary/aromatic N) is 1. The SMILES string of the molecule is Cc1ccc(NC(=O)COc2ccc(/C=C3/NC(=O)N(c4ccccc4)C3=O)cc2)cc1. The van der Waals surface area contributed by atoms with Gasteiger partial charge in [-0.2, -0.15) is 0 Å². The largest absolute Gasteiger partial charge is 0.484 e. The molecule has 3 aromatic rings. The minimum absolute atomic E-state index is 0.130. The quantitative estimate of drug-likeness (QED) is 0.458. The van der Waals surface area contributed by atoms with Crippen LogP contribution in [0.5, 0.6) is 5.75 Å². The van der Waals surface area contributed by atoms with E-state index in [9.17, 15) is 14.4 Å². The molecule has 0 unspecified atom stereocenters. The topological polar surface area (TPSA) is 87.7 Å². The summed E-state index contributed by atoms with van der Waals surface area (Å²) in [5, 5.41) is 5.37. The summed E-state index contributed by atoms with van der Waals surface area (Å²) >= 11 is 0. The van der Waals surface area contributed by atoms with Gasteiger partial charge in [-0.15, -0.1) is 0 Å². The number of hydrogen-bond donors (Lipinski definition) is 2. The molecule has 7 heteroatoms. The van der Waals surface area contributed by atoms with Crippen LogP contribution in [0.2, 0.25) is 0 Å². The molecule has 160 valence electrons. The van der Waals surface area contributed by atoms with E-state index in [0.29, 0.717) is 22.7 Å². The number of anilines is 2. The van der Waals surface area contributed by atoms with Crippen molar-refractivity contribution in [3.8, 4) is 5.75 Å². The zero-order chi connectivity index (χ0) is 22.5. The lowest BCUT2D eigenvalue weighted by Crippen LogP contribution is -2.30. The molecule has 0 atom stereocenters. The Hall–Kier alpha value is -4.39. The number of carbonyl (C=O) groups excluding carboxylic acids is 3. The van der Waals surface area contributed by atoms with Crippen LogP contribution in [-0.2, 0) is 9.59 Å². The number of hydrogen-bond acceptors (Lipinski definition) is 4. The molecule has 2 N–H and O–H groups in total. The van der Waals surface area contributed by atoms with Gasteiger partial charge in [0, 0.05) is 5.69 Å². The van der Waals surface area contributed by atoms with Crippen molar-refractivity contribution < 1.29 is 19.1 Å². The molecule has 32 heavy (non-hydrogen) atoms. The van der Waals surface area contributed by atoms with Gasteiger partial charge in [-0.05, 0) is 55.0 Å².